The number of hydrogen-bond acceptors (Lipinski definition) is 3. The van der Waals surface area contributed by atoms with E-state index >= 15 is 0 Å². The van der Waals surface area contributed by atoms with E-state index in [9.17, 15) is 5.26 Å². The standard InChI is InChI=1S/C15H18N2O/c1-11-13(10-16)14(12-8-6-5-7-9-12)17(18-11)15(2,3)4/h5-9,13-14H,1H2,2-4H3. The van der Waals surface area contributed by atoms with Crippen LogP contribution in [0.5, 0.6) is 0 Å². The molecule has 3 nitrogen and oxygen atoms in total. The molecule has 1 aliphatic rings. The third kappa shape index (κ3) is 2.12. The largest absolute Gasteiger partial charge is 0.408 e. The lowest BCUT2D eigenvalue weighted by Crippen LogP contribution is -2.40. The first-order chi connectivity index (χ1) is 8.45. The molecule has 2 atom stereocenters. The fraction of sp³-hybridized carbons (Fsp3) is 0.400. The summed E-state index contributed by atoms with van der Waals surface area (Å²) in [6.07, 6.45) is 0. The Labute approximate surface area is 108 Å². The number of hydroxylamine groups is 2. The highest BCUT2D eigenvalue weighted by Gasteiger charge is 2.45. The first-order valence-corrected chi connectivity index (χ1v) is 6.06. The predicted octanol–water partition coefficient (Wildman–Crippen LogP) is 3.43. The Balaban J connectivity index is 2.45. The average Bonchev–Trinajstić information content (AvgIpc) is 2.67. The summed E-state index contributed by atoms with van der Waals surface area (Å²) >= 11 is 0. The van der Waals surface area contributed by atoms with E-state index in [1.54, 1.807) is 0 Å². The number of benzene rings is 1. The number of nitriles is 1. The predicted molar refractivity (Wildman–Crippen MR) is 70.1 cm³/mol. The van der Waals surface area contributed by atoms with E-state index in [0.717, 1.165) is 5.56 Å². The summed E-state index contributed by atoms with van der Waals surface area (Å²) in [6.45, 7) is 10.1. The van der Waals surface area contributed by atoms with Gasteiger partial charge in [0.05, 0.1) is 12.1 Å². The Bertz CT molecular complexity index is 481. The van der Waals surface area contributed by atoms with E-state index in [1.807, 2.05) is 35.4 Å². The van der Waals surface area contributed by atoms with Gasteiger partial charge < -0.3 is 4.84 Å². The quantitative estimate of drug-likeness (QED) is 0.757. The van der Waals surface area contributed by atoms with Gasteiger partial charge in [-0.3, -0.25) is 0 Å². The van der Waals surface area contributed by atoms with Crippen molar-refractivity contribution in [1.82, 2.24) is 5.06 Å². The van der Waals surface area contributed by atoms with Gasteiger partial charge in [0.2, 0.25) is 0 Å². The van der Waals surface area contributed by atoms with Crippen LogP contribution in [0, 0.1) is 17.2 Å². The van der Waals surface area contributed by atoms with Gasteiger partial charge in [0.25, 0.3) is 0 Å². The van der Waals surface area contributed by atoms with Crippen LogP contribution in [-0.4, -0.2) is 10.6 Å². The van der Waals surface area contributed by atoms with Crippen molar-refractivity contribution in [3.63, 3.8) is 0 Å². The second-order valence-corrected chi connectivity index (χ2v) is 5.52. The fourth-order valence-electron chi connectivity index (χ4n) is 2.23. The number of hydrogen-bond donors (Lipinski definition) is 0. The van der Waals surface area contributed by atoms with Crippen molar-refractivity contribution in [3.8, 4) is 6.07 Å². The Hall–Kier alpha value is -1.79. The van der Waals surface area contributed by atoms with Crippen LogP contribution in [0.2, 0.25) is 0 Å². The maximum atomic E-state index is 9.33. The zero-order valence-electron chi connectivity index (χ0n) is 11.1. The molecule has 0 bridgehead atoms. The van der Waals surface area contributed by atoms with E-state index < -0.39 is 0 Å². The van der Waals surface area contributed by atoms with Crippen LogP contribution < -0.4 is 0 Å². The van der Waals surface area contributed by atoms with Gasteiger partial charge in [-0.1, -0.05) is 36.9 Å². The molecule has 1 aromatic carbocycles. The smallest absolute Gasteiger partial charge is 0.136 e. The first-order valence-electron chi connectivity index (χ1n) is 6.06. The summed E-state index contributed by atoms with van der Waals surface area (Å²) in [5.74, 6) is 0.202. The molecular weight excluding hydrogens is 224 g/mol. The third-order valence-electron chi connectivity index (χ3n) is 3.07. The molecule has 0 N–H and O–H groups in total. The van der Waals surface area contributed by atoms with Gasteiger partial charge in [0.15, 0.2) is 0 Å². The molecule has 1 aliphatic heterocycles. The number of nitrogens with zero attached hydrogens (tertiary/aromatic N) is 2. The molecule has 3 heteroatoms. The van der Waals surface area contributed by atoms with Crippen LogP contribution in [0.15, 0.2) is 42.7 Å². The summed E-state index contributed by atoms with van der Waals surface area (Å²) in [6, 6.07) is 12.2. The Morgan fingerprint density at radius 2 is 1.89 bits per heavy atom. The van der Waals surface area contributed by atoms with E-state index in [1.165, 1.54) is 0 Å². The maximum absolute atomic E-state index is 9.33. The van der Waals surface area contributed by atoms with Gasteiger partial charge in [0, 0.05) is 5.54 Å². The van der Waals surface area contributed by atoms with Crippen molar-refractivity contribution in [3.05, 3.63) is 48.2 Å². The highest BCUT2D eigenvalue weighted by atomic mass is 16.7. The lowest BCUT2D eigenvalue weighted by Gasteiger charge is -2.34. The SMILES string of the molecule is C=C1ON(C(C)(C)C)C(c2ccccc2)C1C#N. The minimum Gasteiger partial charge on any atom is -0.408 e. The molecule has 1 saturated heterocycles. The Morgan fingerprint density at radius 3 is 2.39 bits per heavy atom. The lowest BCUT2D eigenvalue weighted by atomic mass is 9.91. The lowest BCUT2D eigenvalue weighted by molar-refractivity contribution is -0.169. The summed E-state index contributed by atoms with van der Waals surface area (Å²) < 4.78 is 0. The van der Waals surface area contributed by atoms with E-state index in [4.69, 9.17) is 4.84 Å². The van der Waals surface area contributed by atoms with Crippen LogP contribution in [0.4, 0.5) is 0 Å². The van der Waals surface area contributed by atoms with E-state index in [0.29, 0.717) is 5.76 Å². The zero-order valence-corrected chi connectivity index (χ0v) is 11.1. The van der Waals surface area contributed by atoms with Crippen molar-refractivity contribution >= 4 is 0 Å². The molecule has 2 rings (SSSR count). The molecule has 0 radical (unpaired) electrons. The molecule has 94 valence electrons. The van der Waals surface area contributed by atoms with Crippen LogP contribution >= 0.6 is 0 Å². The molecule has 0 aromatic heterocycles. The van der Waals surface area contributed by atoms with Crippen molar-refractivity contribution in [1.29, 1.82) is 5.26 Å². The van der Waals surface area contributed by atoms with Crippen molar-refractivity contribution in [2.45, 2.75) is 32.4 Å². The van der Waals surface area contributed by atoms with Gasteiger partial charge in [0.1, 0.15) is 11.7 Å². The topological polar surface area (TPSA) is 36.3 Å². The van der Waals surface area contributed by atoms with Gasteiger partial charge >= 0.3 is 0 Å². The molecule has 2 unspecified atom stereocenters. The molecular formula is C15H18N2O. The van der Waals surface area contributed by atoms with Gasteiger partial charge in [-0.05, 0) is 26.3 Å². The summed E-state index contributed by atoms with van der Waals surface area (Å²) in [5, 5.41) is 11.2. The molecule has 1 heterocycles. The molecule has 1 aromatic rings. The van der Waals surface area contributed by atoms with E-state index in [2.05, 4.69) is 33.4 Å². The minimum absolute atomic E-state index is 0.0938. The fourth-order valence-corrected chi connectivity index (χ4v) is 2.23. The highest BCUT2D eigenvalue weighted by molar-refractivity contribution is 5.27. The summed E-state index contributed by atoms with van der Waals surface area (Å²) in [7, 11) is 0. The maximum Gasteiger partial charge on any atom is 0.136 e. The molecule has 0 amide bonds. The average molecular weight is 242 g/mol. The Kier molecular flexibility index (Phi) is 3.14. The molecule has 0 spiro atoms. The minimum atomic E-state index is -0.327. The molecule has 0 aliphatic carbocycles. The normalized spacial score (nSPS) is 24.7. The van der Waals surface area contributed by atoms with Crippen molar-refractivity contribution in [2.24, 2.45) is 5.92 Å². The highest BCUT2D eigenvalue weighted by Crippen LogP contribution is 2.44. The molecule has 1 fully saturated rings. The second-order valence-electron chi connectivity index (χ2n) is 5.52. The van der Waals surface area contributed by atoms with E-state index in [-0.39, 0.29) is 17.5 Å². The van der Waals surface area contributed by atoms with Gasteiger partial charge in [-0.15, -0.1) is 5.06 Å². The second kappa shape index (κ2) is 4.47. The molecule has 18 heavy (non-hydrogen) atoms. The monoisotopic (exact) mass is 242 g/mol. The third-order valence-corrected chi connectivity index (χ3v) is 3.07. The van der Waals surface area contributed by atoms with Gasteiger partial charge in [-0.25, -0.2) is 0 Å². The zero-order chi connectivity index (χ0) is 13.3. The van der Waals surface area contributed by atoms with Crippen LogP contribution in [0.25, 0.3) is 0 Å². The van der Waals surface area contributed by atoms with Crippen LogP contribution in [0.3, 0.4) is 0 Å². The van der Waals surface area contributed by atoms with Gasteiger partial charge in [-0.2, -0.15) is 5.26 Å². The Morgan fingerprint density at radius 1 is 1.28 bits per heavy atom. The summed E-state index contributed by atoms with van der Waals surface area (Å²) in [5.41, 5.74) is 0.896. The summed E-state index contributed by atoms with van der Waals surface area (Å²) in [4.78, 5) is 5.71. The van der Waals surface area contributed by atoms with Crippen molar-refractivity contribution < 1.29 is 4.84 Å². The number of rotatable bonds is 1. The van der Waals surface area contributed by atoms with Crippen LogP contribution in [-0.2, 0) is 4.84 Å². The first kappa shape index (κ1) is 12.7. The van der Waals surface area contributed by atoms with Crippen molar-refractivity contribution in [2.75, 3.05) is 0 Å². The van der Waals surface area contributed by atoms with Crippen LogP contribution in [0.1, 0.15) is 32.4 Å². The molecule has 0 saturated carbocycles.